The zero-order chi connectivity index (χ0) is 20.3. The third-order valence-corrected chi connectivity index (χ3v) is 6.44. The minimum absolute atomic E-state index is 0.795. The number of unbranched alkanes of at least 4 members (excludes halogenated alkanes) is 2. The molecule has 2 aromatic rings. The third-order valence-electron chi connectivity index (χ3n) is 6.44. The fraction of sp³-hybridized carbons (Fsp3) is 0.593. The summed E-state index contributed by atoms with van der Waals surface area (Å²) in [5, 5.41) is 0. The number of ether oxygens (including phenoxy) is 1. The molecule has 0 saturated heterocycles. The summed E-state index contributed by atoms with van der Waals surface area (Å²) >= 11 is 0. The maximum absolute atomic E-state index is 5.75. The summed E-state index contributed by atoms with van der Waals surface area (Å²) in [6, 6.07) is 12.8. The monoisotopic (exact) mass is 393 g/mol. The van der Waals surface area contributed by atoms with Gasteiger partial charge in [0.25, 0.3) is 0 Å². The van der Waals surface area contributed by atoms with Crippen molar-refractivity contribution >= 4 is 0 Å². The van der Waals surface area contributed by atoms with Crippen LogP contribution in [0.1, 0.15) is 83.6 Å². The lowest BCUT2D eigenvalue weighted by Crippen LogP contribution is -2.16. The smallest absolute Gasteiger partial charge is 0.119 e. The first-order valence-corrected chi connectivity index (χ1v) is 12.0. The second kappa shape index (κ2) is 12.0. The molecule has 2 unspecified atom stereocenters. The summed E-state index contributed by atoms with van der Waals surface area (Å²) < 4.78 is 5.75. The highest BCUT2D eigenvalue weighted by Crippen LogP contribution is 2.34. The van der Waals surface area contributed by atoms with Crippen molar-refractivity contribution in [2.45, 2.75) is 84.5 Å². The Kier molecular flexibility index (Phi) is 9.05. The molecule has 3 rings (SSSR count). The van der Waals surface area contributed by atoms with E-state index in [0.717, 1.165) is 48.3 Å². The molecule has 1 saturated carbocycles. The average Bonchev–Trinajstić information content (AvgIpc) is 2.78. The second-order valence-electron chi connectivity index (χ2n) is 8.86. The Labute approximate surface area is 178 Å². The van der Waals surface area contributed by atoms with Crippen molar-refractivity contribution in [1.82, 2.24) is 4.98 Å². The van der Waals surface area contributed by atoms with E-state index in [1.165, 1.54) is 63.4 Å². The van der Waals surface area contributed by atoms with Gasteiger partial charge in [-0.3, -0.25) is 4.98 Å². The Morgan fingerprint density at radius 3 is 2.34 bits per heavy atom. The highest BCUT2D eigenvalue weighted by atomic mass is 16.5. The molecule has 2 atom stereocenters. The van der Waals surface area contributed by atoms with Crippen molar-refractivity contribution in [3.8, 4) is 17.0 Å². The molecule has 1 aliphatic rings. The second-order valence-corrected chi connectivity index (χ2v) is 8.86. The third kappa shape index (κ3) is 7.17. The van der Waals surface area contributed by atoms with Crippen LogP contribution >= 0.6 is 0 Å². The normalized spacial score (nSPS) is 19.2. The summed E-state index contributed by atoms with van der Waals surface area (Å²) in [5.41, 5.74) is 3.58. The molecule has 0 radical (unpaired) electrons. The van der Waals surface area contributed by atoms with Crippen molar-refractivity contribution in [3.63, 3.8) is 0 Å². The quantitative estimate of drug-likeness (QED) is 0.362. The SMILES string of the molecule is CCCCOc1ccc(-c2ccc(CCC3CCCC(CCCC)C3)cn2)cc1. The zero-order valence-corrected chi connectivity index (χ0v) is 18.5. The van der Waals surface area contributed by atoms with Crippen molar-refractivity contribution in [2.75, 3.05) is 6.61 Å². The molecular weight excluding hydrogens is 354 g/mol. The van der Waals surface area contributed by atoms with Crippen molar-refractivity contribution < 1.29 is 4.74 Å². The van der Waals surface area contributed by atoms with Crippen LogP contribution in [0.25, 0.3) is 11.3 Å². The van der Waals surface area contributed by atoms with Crippen molar-refractivity contribution in [2.24, 2.45) is 11.8 Å². The van der Waals surface area contributed by atoms with E-state index < -0.39 is 0 Å². The van der Waals surface area contributed by atoms with Gasteiger partial charge in [-0.25, -0.2) is 0 Å². The van der Waals surface area contributed by atoms with Crippen LogP contribution in [-0.4, -0.2) is 11.6 Å². The molecule has 1 aliphatic carbocycles. The van der Waals surface area contributed by atoms with E-state index in [1.807, 2.05) is 0 Å². The number of aromatic nitrogens is 1. The summed E-state index contributed by atoms with van der Waals surface area (Å²) in [6.45, 7) is 5.29. The van der Waals surface area contributed by atoms with Crippen LogP contribution in [0.4, 0.5) is 0 Å². The van der Waals surface area contributed by atoms with Gasteiger partial charge >= 0.3 is 0 Å². The molecule has 1 aromatic heterocycles. The van der Waals surface area contributed by atoms with Crippen LogP contribution in [0, 0.1) is 11.8 Å². The van der Waals surface area contributed by atoms with Crippen LogP contribution in [0.2, 0.25) is 0 Å². The molecule has 0 bridgehead atoms. The van der Waals surface area contributed by atoms with E-state index in [9.17, 15) is 0 Å². The van der Waals surface area contributed by atoms with Crippen LogP contribution in [0.5, 0.6) is 5.75 Å². The van der Waals surface area contributed by atoms with Gasteiger partial charge in [-0.05, 0) is 73.4 Å². The number of rotatable bonds is 11. The van der Waals surface area contributed by atoms with Gasteiger partial charge in [-0.2, -0.15) is 0 Å². The largest absolute Gasteiger partial charge is 0.494 e. The van der Waals surface area contributed by atoms with E-state index in [4.69, 9.17) is 9.72 Å². The van der Waals surface area contributed by atoms with Crippen molar-refractivity contribution in [3.05, 3.63) is 48.2 Å². The molecule has 0 amide bonds. The number of pyridine rings is 1. The molecule has 2 heteroatoms. The summed E-state index contributed by atoms with van der Waals surface area (Å²) in [4.78, 5) is 4.73. The highest BCUT2D eigenvalue weighted by molar-refractivity contribution is 5.60. The van der Waals surface area contributed by atoms with Gasteiger partial charge in [0.2, 0.25) is 0 Å². The molecule has 1 fully saturated rings. The van der Waals surface area contributed by atoms with Gasteiger partial charge < -0.3 is 4.74 Å². The molecule has 2 nitrogen and oxygen atoms in total. The molecule has 0 N–H and O–H groups in total. The van der Waals surface area contributed by atoms with Gasteiger partial charge in [0.15, 0.2) is 0 Å². The molecule has 1 aromatic carbocycles. The van der Waals surface area contributed by atoms with E-state index in [-0.39, 0.29) is 0 Å². The number of benzene rings is 1. The van der Waals surface area contributed by atoms with E-state index in [1.54, 1.807) is 0 Å². The zero-order valence-electron chi connectivity index (χ0n) is 18.5. The average molecular weight is 394 g/mol. The predicted molar refractivity (Wildman–Crippen MR) is 123 cm³/mol. The van der Waals surface area contributed by atoms with Crippen molar-refractivity contribution in [1.29, 1.82) is 0 Å². The molecule has 0 spiro atoms. The molecule has 158 valence electrons. The van der Waals surface area contributed by atoms with Gasteiger partial charge in [0, 0.05) is 11.8 Å². The summed E-state index contributed by atoms with van der Waals surface area (Å²) in [7, 11) is 0. The lowest BCUT2D eigenvalue weighted by Gasteiger charge is -2.29. The van der Waals surface area contributed by atoms with Gasteiger partial charge in [-0.15, -0.1) is 0 Å². The Hall–Kier alpha value is -1.83. The van der Waals surface area contributed by atoms with Crippen LogP contribution in [-0.2, 0) is 6.42 Å². The lowest BCUT2D eigenvalue weighted by molar-refractivity contribution is 0.240. The van der Waals surface area contributed by atoms with Gasteiger partial charge in [0.05, 0.1) is 12.3 Å². The Bertz CT molecular complexity index is 691. The van der Waals surface area contributed by atoms with Gasteiger partial charge in [0.1, 0.15) is 5.75 Å². The number of hydrogen-bond donors (Lipinski definition) is 0. The number of aryl methyl sites for hydroxylation is 1. The fourth-order valence-electron chi connectivity index (χ4n) is 4.59. The van der Waals surface area contributed by atoms with Crippen LogP contribution in [0.3, 0.4) is 0 Å². The Balaban J connectivity index is 1.47. The topological polar surface area (TPSA) is 22.1 Å². The first-order chi connectivity index (χ1) is 14.3. The maximum atomic E-state index is 5.75. The minimum atomic E-state index is 0.795. The fourth-order valence-corrected chi connectivity index (χ4v) is 4.59. The lowest BCUT2D eigenvalue weighted by atomic mass is 9.77. The van der Waals surface area contributed by atoms with E-state index >= 15 is 0 Å². The highest BCUT2D eigenvalue weighted by Gasteiger charge is 2.21. The molecular formula is C27H39NO. The Morgan fingerprint density at radius 2 is 1.66 bits per heavy atom. The minimum Gasteiger partial charge on any atom is -0.494 e. The van der Waals surface area contributed by atoms with E-state index in [0.29, 0.717) is 0 Å². The van der Waals surface area contributed by atoms with Crippen LogP contribution in [0.15, 0.2) is 42.6 Å². The maximum Gasteiger partial charge on any atom is 0.119 e. The number of hydrogen-bond acceptors (Lipinski definition) is 2. The number of nitrogens with zero attached hydrogens (tertiary/aromatic N) is 1. The first-order valence-electron chi connectivity index (χ1n) is 12.0. The van der Waals surface area contributed by atoms with Gasteiger partial charge in [-0.1, -0.05) is 64.9 Å². The molecule has 1 heterocycles. The molecule has 29 heavy (non-hydrogen) atoms. The summed E-state index contributed by atoms with van der Waals surface area (Å²) in [5.74, 6) is 2.86. The Morgan fingerprint density at radius 1 is 0.897 bits per heavy atom. The predicted octanol–water partition coefficient (Wildman–Crippen LogP) is 7.86. The summed E-state index contributed by atoms with van der Waals surface area (Å²) in [6.07, 6.45) is 16.8. The van der Waals surface area contributed by atoms with Crippen LogP contribution < -0.4 is 4.74 Å². The standard InChI is InChI=1S/C27H39NO/c1-3-5-8-22-9-7-10-23(20-22)11-12-24-13-18-27(28-21-24)25-14-16-26(17-15-25)29-19-6-4-2/h13-18,21-23H,3-12,19-20H2,1-2H3. The van der Waals surface area contributed by atoms with E-state index in [2.05, 4.69) is 56.4 Å². The first kappa shape index (κ1) is 21.9. The molecule has 0 aliphatic heterocycles.